The zero-order valence-electron chi connectivity index (χ0n) is 14.5. The number of para-hydroxylation sites is 1. The standard InChI is InChI=1S/C20H18N4O2/c1-12-7-8-13-10-17(21-16(13)9-12)20(26)23-22-19(25)15-11-24(2)18-6-4-3-5-14(15)18/h3-11,21H,1-2H3,(H,22,25)(H,23,26). The fourth-order valence-corrected chi connectivity index (χ4v) is 3.13. The first-order valence-corrected chi connectivity index (χ1v) is 8.27. The topological polar surface area (TPSA) is 78.9 Å². The molecule has 130 valence electrons. The number of hydrogen-bond donors (Lipinski definition) is 3. The maximum atomic E-state index is 12.5. The van der Waals surface area contributed by atoms with Crippen molar-refractivity contribution in [2.24, 2.45) is 7.05 Å². The maximum Gasteiger partial charge on any atom is 0.286 e. The number of benzene rings is 2. The summed E-state index contributed by atoms with van der Waals surface area (Å²) in [5.41, 5.74) is 8.80. The highest BCUT2D eigenvalue weighted by molar-refractivity contribution is 6.08. The normalized spacial score (nSPS) is 11.0. The molecule has 0 aliphatic carbocycles. The summed E-state index contributed by atoms with van der Waals surface area (Å²) in [5.74, 6) is -0.755. The highest BCUT2D eigenvalue weighted by Crippen LogP contribution is 2.20. The first-order chi connectivity index (χ1) is 12.5. The molecule has 26 heavy (non-hydrogen) atoms. The third-order valence-electron chi connectivity index (χ3n) is 4.45. The van der Waals surface area contributed by atoms with Crippen molar-refractivity contribution in [3.8, 4) is 0 Å². The van der Waals surface area contributed by atoms with Crippen molar-refractivity contribution < 1.29 is 9.59 Å². The molecule has 3 N–H and O–H groups in total. The number of rotatable bonds is 2. The lowest BCUT2D eigenvalue weighted by Crippen LogP contribution is -2.41. The highest BCUT2D eigenvalue weighted by atomic mass is 16.2. The van der Waals surface area contributed by atoms with Crippen LogP contribution in [0.5, 0.6) is 0 Å². The molecule has 2 aromatic carbocycles. The molecule has 0 fully saturated rings. The summed E-state index contributed by atoms with van der Waals surface area (Å²) in [6, 6.07) is 15.3. The largest absolute Gasteiger partial charge is 0.350 e. The van der Waals surface area contributed by atoms with E-state index in [-0.39, 0.29) is 5.91 Å². The summed E-state index contributed by atoms with van der Waals surface area (Å²) < 4.78 is 1.88. The van der Waals surface area contributed by atoms with E-state index in [2.05, 4.69) is 15.8 Å². The second kappa shape index (κ2) is 6.07. The lowest BCUT2D eigenvalue weighted by Gasteiger charge is -2.05. The first-order valence-electron chi connectivity index (χ1n) is 8.27. The molecule has 0 saturated heterocycles. The van der Waals surface area contributed by atoms with Gasteiger partial charge in [0.1, 0.15) is 5.69 Å². The number of aryl methyl sites for hydroxylation is 2. The van der Waals surface area contributed by atoms with Gasteiger partial charge in [-0.15, -0.1) is 0 Å². The summed E-state index contributed by atoms with van der Waals surface area (Å²) >= 11 is 0. The van der Waals surface area contributed by atoms with E-state index in [9.17, 15) is 9.59 Å². The van der Waals surface area contributed by atoms with Gasteiger partial charge in [-0.1, -0.05) is 30.3 Å². The molecule has 0 aliphatic heterocycles. The van der Waals surface area contributed by atoms with E-state index in [0.29, 0.717) is 11.3 Å². The van der Waals surface area contributed by atoms with Crippen LogP contribution >= 0.6 is 0 Å². The smallest absolute Gasteiger partial charge is 0.286 e. The first kappa shape index (κ1) is 16.0. The van der Waals surface area contributed by atoms with Crippen LogP contribution < -0.4 is 10.9 Å². The van der Waals surface area contributed by atoms with Crippen LogP contribution in [-0.4, -0.2) is 21.4 Å². The number of H-pyrrole nitrogens is 1. The number of hydrazine groups is 1. The Morgan fingerprint density at radius 2 is 1.77 bits per heavy atom. The van der Waals surface area contributed by atoms with Crippen LogP contribution in [0.15, 0.2) is 54.7 Å². The number of carbonyl (C=O) groups excluding carboxylic acids is 2. The number of aromatic amines is 1. The van der Waals surface area contributed by atoms with Crippen LogP contribution in [0.4, 0.5) is 0 Å². The summed E-state index contributed by atoms with van der Waals surface area (Å²) in [4.78, 5) is 27.9. The Balaban J connectivity index is 1.52. The molecule has 0 saturated carbocycles. The number of amides is 2. The van der Waals surface area contributed by atoms with E-state index in [1.165, 1.54) is 0 Å². The SMILES string of the molecule is Cc1ccc2cc(C(=O)NNC(=O)c3cn(C)c4ccccc34)[nH]c2c1. The fourth-order valence-electron chi connectivity index (χ4n) is 3.13. The minimum Gasteiger partial charge on any atom is -0.350 e. The molecule has 0 radical (unpaired) electrons. The van der Waals surface area contributed by atoms with Gasteiger partial charge in [0.15, 0.2) is 0 Å². The molecule has 4 aromatic rings. The van der Waals surface area contributed by atoms with E-state index in [4.69, 9.17) is 0 Å². The van der Waals surface area contributed by atoms with Gasteiger partial charge in [-0.05, 0) is 30.7 Å². The summed E-state index contributed by atoms with van der Waals surface area (Å²) in [5, 5.41) is 1.78. The van der Waals surface area contributed by atoms with Crippen LogP contribution in [0, 0.1) is 6.92 Å². The number of nitrogens with zero attached hydrogens (tertiary/aromatic N) is 1. The van der Waals surface area contributed by atoms with E-state index in [1.807, 2.05) is 61.0 Å². The number of aromatic nitrogens is 2. The quantitative estimate of drug-likeness (QED) is 0.488. The van der Waals surface area contributed by atoms with Gasteiger partial charge in [-0.2, -0.15) is 0 Å². The molecule has 6 nitrogen and oxygen atoms in total. The van der Waals surface area contributed by atoms with Crippen LogP contribution in [-0.2, 0) is 7.05 Å². The van der Waals surface area contributed by atoms with Gasteiger partial charge in [0, 0.05) is 35.1 Å². The third-order valence-corrected chi connectivity index (χ3v) is 4.45. The average Bonchev–Trinajstić information content (AvgIpc) is 3.21. The Labute approximate surface area is 149 Å². The van der Waals surface area contributed by atoms with Crippen molar-refractivity contribution in [3.63, 3.8) is 0 Å². The summed E-state index contributed by atoms with van der Waals surface area (Å²) in [6.45, 7) is 1.99. The van der Waals surface area contributed by atoms with Crippen molar-refractivity contribution in [1.82, 2.24) is 20.4 Å². The van der Waals surface area contributed by atoms with Crippen LogP contribution in [0.2, 0.25) is 0 Å². The lowest BCUT2D eigenvalue weighted by molar-refractivity contribution is 0.0845. The number of carbonyl (C=O) groups is 2. The van der Waals surface area contributed by atoms with Crippen LogP contribution in [0.25, 0.3) is 21.8 Å². The van der Waals surface area contributed by atoms with Crippen molar-refractivity contribution >= 4 is 33.6 Å². The molecule has 6 heteroatoms. The molecule has 2 amide bonds. The Bertz CT molecular complexity index is 1150. The van der Waals surface area contributed by atoms with Gasteiger partial charge in [-0.3, -0.25) is 20.4 Å². The van der Waals surface area contributed by atoms with E-state index in [1.54, 1.807) is 12.3 Å². The molecular weight excluding hydrogens is 328 g/mol. The molecule has 0 atom stereocenters. The van der Waals surface area contributed by atoms with Crippen molar-refractivity contribution in [1.29, 1.82) is 0 Å². The zero-order valence-corrected chi connectivity index (χ0v) is 14.5. The van der Waals surface area contributed by atoms with Crippen molar-refractivity contribution in [2.45, 2.75) is 6.92 Å². The molecular formula is C20H18N4O2. The molecule has 4 rings (SSSR count). The third kappa shape index (κ3) is 2.71. The molecule has 0 unspecified atom stereocenters. The second-order valence-corrected chi connectivity index (χ2v) is 6.35. The number of nitrogens with one attached hydrogen (secondary N) is 3. The van der Waals surface area contributed by atoms with Gasteiger partial charge >= 0.3 is 0 Å². The highest BCUT2D eigenvalue weighted by Gasteiger charge is 2.15. The lowest BCUT2D eigenvalue weighted by atomic mass is 10.2. The van der Waals surface area contributed by atoms with Gasteiger partial charge in [0.25, 0.3) is 11.8 Å². The molecule has 2 aromatic heterocycles. The predicted molar refractivity (Wildman–Crippen MR) is 101 cm³/mol. The number of hydrogen-bond acceptors (Lipinski definition) is 2. The molecule has 0 bridgehead atoms. The predicted octanol–water partition coefficient (Wildman–Crippen LogP) is 3.04. The van der Waals surface area contributed by atoms with E-state index in [0.717, 1.165) is 27.4 Å². The van der Waals surface area contributed by atoms with Gasteiger partial charge < -0.3 is 9.55 Å². The van der Waals surface area contributed by atoms with Gasteiger partial charge in [-0.25, -0.2) is 0 Å². The molecule has 0 spiro atoms. The molecule has 2 heterocycles. The summed E-state index contributed by atoms with van der Waals surface area (Å²) in [6.07, 6.45) is 1.75. The second-order valence-electron chi connectivity index (χ2n) is 6.35. The Morgan fingerprint density at radius 3 is 2.62 bits per heavy atom. The monoisotopic (exact) mass is 346 g/mol. The summed E-state index contributed by atoms with van der Waals surface area (Å²) in [7, 11) is 1.88. The minimum absolute atomic E-state index is 0.359. The van der Waals surface area contributed by atoms with Gasteiger partial charge in [0.2, 0.25) is 0 Å². The Hall–Kier alpha value is -3.54. The van der Waals surface area contributed by atoms with Crippen LogP contribution in [0.3, 0.4) is 0 Å². The van der Waals surface area contributed by atoms with Crippen LogP contribution in [0.1, 0.15) is 26.4 Å². The van der Waals surface area contributed by atoms with Crippen molar-refractivity contribution in [3.05, 3.63) is 71.5 Å². The van der Waals surface area contributed by atoms with Crippen molar-refractivity contribution in [2.75, 3.05) is 0 Å². The van der Waals surface area contributed by atoms with Gasteiger partial charge in [0.05, 0.1) is 5.56 Å². The fraction of sp³-hybridized carbons (Fsp3) is 0.100. The zero-order chi connectivity index (χ0) is 18.3. The Kier molecular flexibility index (Phi) is 3.73. The Morgan fingerprint density at radius 1 is 1.00 bits per heavy atom. The number of fused-ring (bicyclic) bond motifs is 2. The average molecular weight is 346 g/mol. The van der Waals surface area contributed by atoms with E-state index < -0.39 is 5.91 Å². The molecule has 0 aliphatic rings. The van der Waals surface area contributed by atoms with E-state index >= 15 is 0 Å². The minimum atomic E-state index is -0.396. The maximum absolute atomic E-state index is 12.5.